The summed E-state index contributed by atoms with van der Waals surface area (Å²) in [6.45, 7) is 5.74. The number of halogens is 3. The molecule has 1 aromatic carbocycles. The van der Waals surface area contributed by atoms with Crippen molar-refractivity contribution in [3.63, 3.8) is 0 Å². The minimum atomic E-state index is -4.66. The first-order valence-corrected chi connectivity index (χ1v) is 19.6. The van der Waals surface area contributed by atoms with E-state index < -0.39 is 68.3 Å². The van der Waals surface area contributed by atoms with Crippen LogP contribution < -0.4 is 15.8 Å². The number of aryl methyl sites for hydroxylation is 2. The molecule has 1 heterocycles. The summed E-state index contributed by atoms with van der Waals surface area (Å²) in [5.41, 5.74) is 4.77. The molecule has 3 aliphatic carbocycles. The van der Waals surface area contributed by atoms with Crippen molar-refractivity contribution >= 4 is 50.9 Å². The molecule has 5 atom stereocenters. The van der Waals surface area contributed by atoms with Crippen LogP contribution in [0.3, 0.4) is 0 Å². The van der Waals surface area contributed by atoms with E-state index >= 15 is 0 Å². The average molecular weight is 768 g/mol. The van der Waals surface area contributed by atoms with Gasteiger partial charge in [-0.05, 0) is 89.3 Å². The number of sulfonamides is 1. The van der Waals surface area contributed by atoms with Crippen LogP contribution in [0.15, 0.2) is 30.4 Å². The largest absolute Gasteiger partial charge is 0.446 e. The van der Waals surface area contributed by atoms with Gasteiger partial charge in [0, 0.05) is 24.0 Å². The van der Waals surface area contributed by atoms with Crippen LogP contribution in [0.2, 0.25) is 0 Å². The summed E-state index contributed by atoms with van der Waals surface area (Å²) in [7, 11) is -1.98. The Bertz CT molecular complexity index is 1840. The Morgan fingerprint density at radius 1 is 1.13 bits per heavy atom. The lowest BCUT2D eigenvalue weighted by Gasteiger charge is -2.23. The zero-order valence-electron chi connectivity index (χ0n) is 29.4. The lowest BCUT2D eigenvalue weighted by atomic mass is 9.94. The highest BCUT2D eigenvalue weighted by molar-refractivity contribution is 7.90. The number of alkyl halides is 3. The highest BCUT2D eigenvalue weighted by atomic mass is 32.2. The number of nitrogens with zero attached hydrogens (tertiary/aromatic N) is 2. The van der Waals surface area contributed by atoms with Gasteiger partial charge in [-0.25, -0.2) is 18.2 Å². The molecule has 2 aromatic rings. The van der Waals surface area contributed by atoms with Crippen molar-refractivity contribution < 1.29 is 45.5 Å². The number of primary amides is 1. The number of allylic oxidation sites excluding steroid dienone is 2. The van der Waals surface area contributed by atoms with Gasteiger partial charge in [-0.1, -0.05) is 19.1 Å². The number of anilines is 1. The topological polar surface area (TPSA) is 178 Å². The molecule has 4 N–H and O–H groups in total. The number of aromatic nitrogens is 1. The van der Waals surface area contributed by atoms with Gasteiger partial charge in [0.1, 0.15) is 11.1 Å². The van der Waals surface area contributed by atoms with E-state index in [-0.39, 0.29) is 35.9 Å². The number of nitrogens with one attached hydrogen (secondary N) is 2. The van der Waals surface area contributed by atoms with Gasteiger partial charge in [0.15, 0.2) is 0 Å². The number of thiazole rings is 1. The molecule has 3 saturated carbocycles. The maximum atomic E-state index is 13.5. The molecule has 0 unspecified atom stereocenters. The molecule has 3 aliphatic rings. The third-order valence-electron chi connectivity index (χ3n) is 10.2. The third-order valence-corrected chi connectivity index (χ3v) is 13.1. The normalized spacial score (nSPS) is 24.4. The molecular formula is C35H44F3N5O7S2. The van der Waals surface area contributed by atoms with E-state index in [1.54, 1.807) is 20.9 Å². The number of benzene rings is 1. The molecule has 284 valence electrons. The SMILES string of the molecule is Cc1nc(-c2ccc(C(F)(F)F)cc2NC(=O)O[C@@H]2C[C@@H](C(N)=O)[C@H](C(=O)N(C)CCCC/C=C\[C@@H]3C[C@]3(C)C(=O)NS(=O)(=O)C3CC3)C2)sc1C. The molecule has 5 rings (SSSR count). The number of amides is 4. The maximum Gasteiger partial charge on any atom is 0.416 e. The molecule has 0 radical (unpaired) electrons. The van der Waals surface area contributed by atoms with Crippen molar-refractivity contribution in [1.29, 1.82) is 0 Å². The third kappa shape index (κ3) is 9.14. The zero-order chi connectivity index (χ0) is 38.2. The Kier molecular flexibility index (Phi) is 11.4. The van der Waals surface area contributed by atoms with Crippen molar-refractivity contribution in [1.82, 2.24) is 14.6 Å². The number of carbonyl (C=O) groups is 4. The van der Waals surface area contributed by atoms with Crippen LogP contribution in [0, 0.1) is 37.0 Å². The van der Waals surface area contributed by atoms with Crippen molar-refractivity contribution in [2.45, 2.75) is 89.7 Å². The Morgan fingerprint density at radius 2 is 1.83 bits per heavy atom. The Balaban J connectivity index is 1.10. The van der Waals surface area contributed by atoms with Gasteiger partial charge >= 0.3 is 12.3 Å². The van der Waals surface area contributed by atoms with E-state index in [1.807, 2.05) is 19.1 Å². The molecule has 0 spiro atoms. The molecule has 0 aliphatic heterocycles. The lowest BCUT2D eigenvalue weighted by Crippen LogP contribution is -2.39. The number of hydrogen-bond acceptors (Lipinski definition) is 9. The van der Waals surface area contributed by atoms with Gasteiger partial charge in [-0.15, -0.1) is 11.3 Å². The summed E-state index contributed by atoms with van der Waals surface area (Å²) >= 11 is 1.27. The van der Waals surface area contributed by atoms with Gasteiger partial charge < -0.3 is 15.4 Å². The van der Waals surface area contributed by atoms with Gasteiger partial charge in [-0.2, -0.15) is 13.2 Å². The van der Waals surface area contributed by atoms with Crippen molar-refractivity contribution in [2.24, 2.45) is 28.9 Å². The van der Waals surface area contributed by atoms with Gasteiger partial charge in [-0.3, -0.25) is 24.4 Å². The predicted octanol–water partition coefficient (Wildman–Crippen LogP) is 5.69. The quantitative estimate of drug-likeness (QED) is 0.162. The van der Waals surface area contributed by atoms with E-state index in [0.29, 0.717) is 49.4 Å². The number of unbranched alkanes of at least 4 members (excludes halogenated alkanes) is 2. The van der Waals surface area contributed by atoms with E-state index in [4.69, 9.17) is 10.5 Å². The Morgan fingerprint density at radius 3 is 2.44 bits per heavy atom. The zero-order valence-corrected chi connectivity index (χ0v) is 31.1. The summed E-state index contributed by atoms with van der Waals surface area (Å²) in [6, 6.07) is 2.97. The first-order chi connectivity index (χ1) is 24.3. The highest BCUT2D eigenvalue weighted by Crippen LogP contribution is 2.53. The monoisotopic (exact) mass is 767 g/mol. The Labute approximate surface area is 304 Å². The highest BCUT2D eigenvalue weighted by Gasteiger charge is 2.56. The van der Waals surface area contributed by atoms with Gasteiger partial charge in [0.25, 0.3) is 0 Å². The van der Waals surface area contributed by atoms with E-state index in [1.165, 1.54) is 22.3 Å². The van der Waals surface area contributed by atoms with Crippen LogP contribution in [0.25, 0.3) is 10.6 Å². The van der Waals surface area contributed by atoms with Crippen LogP contribution in [-0.4, -0.2) is 67.1 Å². The number of nitrogens with two attached hydrogens (primary N) is 1. The maximum absolute atomic E-state index is 13.5. The molecule has 3 fully saturated rings. The molecule has 1 aromatic heterocycles. The molecule has 17 heteroatoms. The molecule has 0 saturated heterocycles. The van der Waals surface area contributed by atoms with Crippen LogP contribution >= 0.6 is 11.3 Å². The summed E-state index contributed by atoms with van der Waals surface area (Å²) in [4.78, 5) is 58.0. The number of rotatable bonds is 14. The second-order valence-electron chi connectivity index (χ2n) is 14.2. The summed E-state index contributed by atoms with van der Waals surface area (Å²) in [6.07, 6.45) is 1.09. The van der Waals surface area contributed by atoms with Crippen molar-refractivity contribution in [2.75, 3.05) is 18.9 Å². The first-order valence-electron chi connectivity index (χ1n) is 17.2. The fourth-order valence-corrected chi connectivity index (χ4v) is 8.84. The number of hydrogen-bond donors (Lipinski definition) is 3. The summed E-state index contributed by atoms with van der Waals surface area (Å²) in [5.74, 6) is -3.30. The average Bonchev–Trinajstić information content (AvgIpc) is 3.95. The van der Waals surface area contributed by atoms with Crippen molar-refractivity contribution in [3.8, 4) is 10.6 Å². The van der Waals surface area contributed by atoms with Crippen LogP contribution in [0.5, 0.6) is 0 Å². The van der Waals surface area contributed by atoms with E-state index in [0.717, 1.165) is 23.4 Å². The van der Waals surface area contributed by atoms with E-state index in [2.05, 4.69) is 15.0 Å². The minimum absolute atomic E-state index is 0.0112. The lowest BCUT2D eigenvalue weighted by molar-refractivity contribution is -0.139. The molecular weight excluding hydrogens is 724 g/mol. The molecule has 4 amide bonds. The van der Waals surface area contributed by atoms with Crippen LogP contribution in [-0.2, 0) is 35.3 Å². The van der Waals surface area contributed by atoms with Gasteiger partial charge in [0.05, 0.1) is 39.4 Å². The Hall–Kier alpha value is -3.99. The second-order valence-corrected chi connectivity index (χ2v) is 17.4. The molecule has 12 nitrogen and oxygen atoms in total. The standard InChI is InChI=1S/C35H44F3N5O7S2/c1-19-20(2)51-30(40-19)25-13-10-21(35(36,37)38)15-28(25)41-33(47)50-23-16-26(29(39)44)27(17-23)31(45)43(4)14-8-6-5-7-9-22-18-34(22,3)32(46)42-52(48,49)24-11-12-24/h7,9-10,13,15,22-24,26-27H,5-6,8,11-12,14,16-18H2,1-4H3,(H2,39,44)(H,41,47)(H,42,46)/b9-7-/t22-,23-,26-,27-,34+/m1/s1. The summed E-state index contributed by atoms with van der Waals surface area (Å²) in [5, 5.41) is 2.37. The van der Waals surface area contributed by atoms with Crippen molar-refractivity contribution in [3.05, 3.63) is 46.5 Å². The predicted molar refractivity (Wildman–Crippen MR) is 188 cm³/mol. The number of carbonyl (C=O) groups excluding carboxylic acids is 4. The fraction of sp³-hybridized carbons (Fsp3) is 0.571. The molecule has 52 heavy (non-hydrogen) atoms. The fourth-order valence-electron chi connectivity index (χ4n) is 6.48. The second kappa shape index (κ2) is 15.2. The first kappa shape index (κ1) is 39.2. The smallest absolute Gasteiger partial charge is 0.416 e. The van der Waals surface area contributed by atoms with Gasteiger partial charge in [0.2, 0.25) is 27.7 Å². The molecule has 0 bridgehead atoms. The van der Waals surface area contributed by atoms with E-state index in [9.17, 15) is 40.8 Å². The minimum Gasteiger partial charge on any atom is -0.446 e. The van der Waals surface area contributed by atoms with Crippen LogP contribution in [0.4, 0.5) is 23.7 Å². The van der Waals surface area contributed by atoms with Crippen LogP contribution in [0.1, 0.15) is 74.4 Å². The number of ether oxygens (including phenoxy) is 1. The summed E-state index contributed by atoms with van der Waals surface area (Å²) < 4.78 is 72.6.